The molecule has 2 rings (SSSR count). The van der Waals surface area contributed by atoms with Gasteiger partial charge in [0.1, 0.15) is 11.8 Å². The van der Waals surface area contributed by atoms with Gasteiger partial charge in [0.25, 0.3) is 5.91 Å². The summed E-state index contributed by atoms with van der Waals surface area (Å²) < 4.78 is 5.71. The average molecular weight is 411 g/mol. The summed E-state index contributed by atoms with van der Waals surface area (Å²) in [6.07, 6.45) is 0.534. The molecule has 0 aromatic heterocycles. The Kier molecular flexibility index (Phi) is 8.90. The molecule has 2 aromatic rings. The van der Waals surface area contributed by atoms with E-state index in [1.807, 2.05) is 83.1 Å². The topological polar surface area (TPSA) is 58.6 Å². The molecule has 0 aliphatic heterocycles. The summed E-state index contributed by atoms with van der Waals surface area (Å²) in [6.45, 7) is 10.9. The smallest absolute Gasteiger partial charge is 0.261 e. The summed E-state index contributed by atoms with van der Waals surface area (Å²) in [5.41, 5.74) is 3.27. The van der Waals surface area contributed by atoms with Crippen LogP contribution in [-0.2, 0) is 16.1 Å². The third-order valence-electron chi connectivity index (χ3n) is 4.93. The van der Waals surface area contributed by atoms with Crippen molar-refractivity contribution in [3.8, 4) is 5.75 Å². The maximum Gasteiger partial charge on any atom is 0.261 e. The van der Waals surface area contributed by atoms with Gasteiger partial charge in [-0.25, -0.2) is 0 Å². The first-order valence-electron chi connectivity index (χ1n) is 10.6. The van der Waals surface area contributed by atoms with Crippen LogP contribution in [0.25, 0.3) is 0 Å². The monoisotopic (exact) mass is 410 g/mol. The summed E-state index contributed by atoms with van der Waals surface area (Å²) in [4.78, 5) is 27.6. The van der Waals surface area contributed by atoms with Crippen molar-refractivity contribution in [3.63, 3.8) is 0 Å². The molecule has 1 unspecified atom stereocenters. The number of ether oxygens (including phenoxy) is 1. The predicted molar refractivity (Wildman–Crippen MR) is 120 cm³/mol. The Morgan fingerprint density at radius 2 is 1.53 bits per heavy atom. The second-order valence-corrected chi connectivity index (χ2v) is 8.17. The number of hydrogen-bond acceptors (Lipinski definition) is 3. The Labute approximate surface area is 180 Å². The summed E-state index contributed by atoms with van der Waals surface area (Å²) in [6, 6.07) is 15.1. The van der Waals surface area contributed by atoms with Crippen LogP contribution in [0.5, 0.6) is 5.75 Å². The van der Waals surface area contributed by atoms with Gasteiger partial charge >= 0.3 is 0 Å². The molecule has 5 nitrogen and oxygen atoms in total. The predicted octanol–water partition coefficient (Wildman–Crippen LogP) is 4.26. The quantitative estimate of drug-likeness (QED) is 0.637. The van der Waals surface area contributed by atoms with E-state index in [1.165, 1.54) is 0 Å². The molecule has 0 heterocycles. The van der Waals surface area contributed by atoms with Crippen molar-refractivity contribution in [1.82, 2.24) is 10.2 Å². The normalized spacial score (nSPS) is 11.8. The molecule has 2 amide bonds. The van der Waals surface area contributed by atoms with Crippen LogP contribution in [0.3, 0.4) is 0 Å². The van der Waals surface area contributed by atoms with Gasteiger partial charge in [-0.15, -0.1) is 0 Å². The molecule has 0 bridgehead atoms. The van der Waals surface area contributed by atoms with E-state index < -0.39 is 6.04 Å². The zero-order chi connectivity index (χ0) is 22.1. The van der Waals surface area contributed by atoms with E-state index >= 15 is 0 Å². The first-order chi connectivity index (χ1) is 14.3. The van der Waals surface area contributed by atoms with Gasteiger partial charge in [-0.05, 0) is 43.9 Å². The van der Waals surface area contributed by atoms with Crippen LogP contribution < -0.4 is 10.1 Å². The van der Waals surface area contributed by atoms with Crippen molar-refractivity contribution in [2.75, 3.05) is 13.2 Å². The number of hydrogen-bond donors (Lipinski definition) is 1. The Bertz CT molecular complexity index is 813. The number of benzene rings is 2. The van der Waals surface area contributed by atoms with Crippen molar-refractivity contribution in [2.24, 2.45) is 5.92 Å². The van der Waals surface area contributed by atoms with Gasteiger partial charge in [0, 0.05) is 13.1 Å². The van der Waals surface area contributed by atoms with E-state index in [0.717, 1.165) is 16.7 Å². The molecule has 0 fully saturated rings. The van der Waals surface area contributed by atoms with E-state index in [0.29, 0.717) is 31.2 Å². The number of amides is 2. The second kappa shape index (κ2) is 11.4. The summed E-state index contributed by atoms with van der Waals surface area (Å²) >= 11 is 0. The minimum atomic E-state index is -0.542. The molecular formula is C25H34N2O3. The van der Waals surface area contributed by atoms with E-state index in [2.05, 4.69) is 5.32 Å². The molecule has 5 heteroatoms. The molecule has 2 aromatic carbocycles. The van der Waals surface area contributed by atoms with Gasteiger partial charge in [0.15, 0.2) is 6.61 Å². The summed E-state index contributed by atoms with van der Waals surface area (Å²) in [5.74, 6) is 0.656. The van der Waals surface area contributed by atoms with Crippen LogP contribution in [0.4, 0.5) is 0 Å². The molecule has 0 saturated carbocycles. The summed E-state index contributed by atoms with van der Waals surface area (Å²) in [7, 11) is 0. The lowest BCUT2D eigenvalue weighted by molar-refractivity contribution is -0.143. The minimum Gasteiger partial charge on any atom is -0.484 e. The standard InChI is InChI=1S/C25H34N2O3/c1-6-23(25(29)26-15-18(2)3)27(16-21-11-7-19(4)8-12-21)24(28)17-30-22-13-9-20(5)10-14-22/h7-14,18,23H,6,15-17H2,1-5H3,(H,26,29). The van der Waals surface area contributed by atoms with Crippen molar-refractivity contribution < 1.29 is 14.3 Å². The molecule has 1 atom stereocenters. The fraction of sp³-hybridized carbons (Fsp3) is 0.440. The highest BCUT2D eigenvalue weighted by Gasteiger charge is 2.29. The van der Waals surface area contributed by atoms with E-state index in [4.69, 9.17) is 4.74 Å². The Morgan fingerprint density at radius 1 is 0.967 bits per heavy atom. The highest BCUT2D eigenvalue weighted by molar-refractivity contribution is 5.88. The van der Waals surface area contributed by atoms with Crippen LogP contribution in [0.1, 0.15) is 43.9 Å². The lowest BCUT2D eigenvalue weighted by Crippen LogP contribution is -2.50. The van der Waals surface area contributed by atoms with Crippen LogP contribution in [0.15, 0.2) is 48.5 Å². The molecule has 0 saturated heterocycles. The molecule has 30 heavy (non-hydrogen) atoms. The maximum atomic E-state index is 13.1. The first kappa shape index (κ1) is 23.5. The maximum absolute atomic E-state index is 13.1. The molecule has 162 valence electrons. The zero-order valence-electron chi connectivity index (χ0n) is 18.8. The fourth-order valence-electron chi connectivity index (χ4n) is 3.09. The molecule has 0 aliphatic rings. The third-order valence-corrected chi connectivity index (χ3v) is 4.93. The summed E-state index contributed by atoms with van der Waals surface area (Å²) in [5, 5.41) is 2.97. The average Bonchev–Trinajstić information content (AvgIpc) is 2.72. The number of nitrogens with zero attached hydrogens (tertiary/aromatic N) is 1. The number of carbonyl (C=O) groups excluding carboxylic acids is 2. The number of aryl methyl sites for hydroxylation is 2. The largest absolute Gasteiger partial charge is 0.484 e. The Morgan fingerprint density at radius 3 is 2.07 bits per heavy atom. The van der Waals surface area contributed by atoms with Gasteiger partial charge in [-0.3, -0.25) is 9.59 Å². The van der Waals surface area contributed by atoms with Gasteiger partial charge < -0.3 is 15.0 Å². The van der Waals surface area contributed by atoms with Crippen molar-refractivity contribution in [1.29, 1.82) is 0 Å². The Hall–Kier alpha value is -2.82. The van der Waals surface area contributed by atoms with Crippen molar-refractivity contribution in [2.45, 2.75) is 53.6 Å². The van der Waals surface area contributed by atoms with E-state index in [-0.39, 0.29) is 18.4 Å². The van der Waals surface area contributed by atoms with Gasteiger partial charge in [0.05, 0.1) is 0 Å². The Balaban J connectivity index is 2.17. The zero-order valence-corrected chi connectivity index (χ0v) is 18.8. The highest BCUT2D eigenvalue weighted by atomic mass is 16.5. The number of carbonyl (C=O) groups is 2. The first-order valence-corrected chi connectivity index (χ1v) is 10.6. The van der Waals surface area contributed by atoms with Crippen molar-refractivity contribution >= 4 is 11.8 Å². The molecule has 1 N–H and O–H groups in total. The minimum absolute atomic E-state index is 0.108. The lowest BCUT2D eigenvalue weighted by atomic mass is 10.1. The van der Waals surface area contributed by atoms with Crippen LogP contribution >= 0.6 is 0 Å². The van der Waals surface area contributed by atoms with Gasteiger partial charge in [-0.2, -0.15) is 0 Å². The van der Waals surface area contributed by atoms with Crippen LogP contribution in [0, 0.1) is 19.8 Å². The molecule has 0 spiro atoms. The lowest BCUT2D eigenvalue weighted by Gasteiger charge is -2.31. The molecule has 0 radical (unpaired) electrons. The van der Waals surface area contributed by atoms with Crippen LogP contribution in [0.2, 0.25) is 0 Å². The van der Waals surface area contributed by atoms with Gasteiger partial charge in [0.2, 0.25) is 5.91 Å². The van der Waals surface area contributed by atoms with Gasteiger partial charge in [-0.1, -0.05) is 68.3 Å². The van der Waals surface area contributed by atoms with Crippen molar-refractivity contribution in [3.05, 3.63) is 65.2 Å². The third kappa shape index (κ3) is 7.21. The van der Waals surface area contributed by atoms with E-state index in [1.54, 1.807) is 4.90 Å². The number of rotatable bonds is 10. The highest BCUT2D eigenvalue weighted by Crippen LogP contribution is 2.16. The SMILES string of the molecule is CCC(C(=O)NCC(C)C)N(Cc1ccc(C)cc1)C(=O)COc1ccc(C)cc1. The number of nitrogens with one attached hydrogen (secondary N) is 1. The fourth-order valence-corrected chi connectivity index (χ4v) is 3.09. The molecule has 0 aliphatic carbocycles. The second-order valence-electron chi connectivity index (χ2n) is 8.17. The molecular weight excluding hydrogens is 376 g/mol. The van der Waals surface area contributed by atoms with E-state index in [9.17, 15) is 9.59 Å². The van der Waals surface area contributed by atoms with Crippen LogP contribution in [-0.4, -0.2) is 35.9 Å².